The normalized spacial score (nSPS) is 22.6. The van der Waals surface area contributed by atoms with Crippen LogP contribution in [0.15, 0.2) is 12.5 Å². The van der Waals surface area contributed by atoms with Crippen LogP contribution in [0.2, 0.25) is 0 Å². The maximum absolute atomic E-state index is 12.5. The number of hydrogen-bond acceptors (Lipinski definition) is 11. The molecule has 268 valence electrons. The van der Waals surface area contributed by atoms with Crippen molar-refractivity contribution in [2.24, 2.45) is 5.73 Å². The van der Waals surface area contributed by atoms with E-state index < -0.39 is 38.5 Å². The molecule has 1 aliphatic rings. The Morgan fingerprint density at radius 1 is 0.979 bits per heavy atom. The number of phosphoric ester groups is 1. The number of aliphatic hydroxyl groups excluding tert-OH is 1. The molecule has 13 nitrogen and oxygen atoms in total. The van der Waals surface area contributed by atoms with Gasteiger partial charge in [-0.05, 0) is 19.8 Å². The first-order valence-corrected chi connectivity index (χ1v) is 19.1. The van der Waals surface area contributed by atoms with Crippen molar-refractivity contribution in [3.05, 3.63) is 18.1 Å². The highest BCUT2D eigenvalue weighted by Gasteiger charge is 2.54. The van der Waals surface area contributed by atoms with E-state index in [1.165, 1.54) is 101 Å². The number of rotatable bonds is 25. The van der Waals surface area contributed by atoms with Gasteiger partial charge in [-0.25, -0.2) is 14.5 Å². The fraction of sp³-hybridized carbons (Fsp3) is 0.781. The zero-order valence-electron chi connectivity index (χ0n) is 28.1. The number of aromatic nitrogens is 3. The molecule has 1 fully saturated rings. The van der Waals surface area contributed by atoms with Crippen LogP contribution in [-0.4, -0.2) is 78.9 Å². The Kier molecular flexibility index (Phi) is 16.9. The molecular weight excluding hydrogens is 645 g/mol. The summed E-state index contributed by atoms with van der Waals surface area (Å²) in [6.07, 6.45) is 17.6. The molecule has 3 heterocycles. The standard InChI is InChI=1S/C32H56N5O8PS/c1-3-4-5-6-7-8-9-10-11-12-13-14-15-16-18-42-19-17-20-43-46(40,41)44-22-25-27(38)32(2,39)31(45-25)37-21-24(29(34)47)26-28(33)35-23-36-30(26)37/h21,23,25,27,31,38-39H,3-20,22H2,1-2H3,(H2,34,47)(H,40,41)(H2,33,35,36)/t25-,27-,31-,32-/m1/s1. The number of fused-ring (bicyclic) bond motifs is 1. The van der Waals surface area contributed by atoms with Crippen LogP contribution in [0.3, 0.4) is 0 Å². The van der Waals surface area contributed by atoms with E-state index in [0.29, 0.717) is 30.6 Å². The fourth-order valence-electron chi connectivity index (χ4n) is 5.90. The SMILES string of the molecule is CCCCCCCCCCCCCCCCOCCCOP(=O)(O)OC[C@H]1O[C@@H](n2cc(C(N)=S)c3c(N)ncnc32)[C@](C)(O)[C@@H]1O. The lowest BCUT2D eigenvalue weighted by Crippen LogP contribution is -2.44. The van der Waals surface area contributed by atoms with Crippen molar-refractivity contribution in [2.75, 3.05) is 32.2 Å². The lowest BCUT2D eigenvalue weighted by molar-refractivity contribution is -0.0947. The summed E-state index contributed by atoms with van der Waals surface area (Å²) in [4.78, 5) is 18.4. The Hall–Kier alpha value is -1.74. The van der Waals surface area contributed by atoms with E-state index in [-0.39, 0.29) is 23.1 Å². The first-order chi connectivity index (χ1) is 22.5. The number of nitrogen functional groups attached to an aromatic ring is 1. The van der Waals surface area contributed by atoms with Crippen LogP contribution in [0, 0.1) is 0 Å². The van der Waals surface area contributed by atoms with Crippen molar-refractivity contribution in [3.8, 4) is 0 Å². The Bertz CT molecular complexity index is 1280. The van der Waals surface area contributed by atoms with E-state index in [1.807, 2.05) is 0 Å². The van der Waals surface area contributed by atoms with E-state index in [4.69, 9.17) is 42.2 Å². The summed E-state index contributed by atoms with van der Waals surface area (Å²) >= 11 is 5.13. The quantitative estimate of drug-likeness (QED) is 0.0482. The minimum absolute atomic E-state index is 0.0342. The van der Waals surface area contributed by atoms with Crippen molar-refractivity contribution in [3.63, 3.8) is 0 Å². The van der Waals surface area contributed by atoms with Crippen LogP contribution in [-0.2, 0) is 23.1 Å². The second-order valence-electron chi connectivity index (χ2n) is 12.6. The highest BCUT2D eigenvalue weighted by Crippen LogP contribution is 2.46. The largest absolute Gasteiger partial charge is 0.472 e. The summed E-state index contributed by atoms with van der Waals surface area (Å²) < 4.78 is 35.6. The van der Waals surface area contributed by atoms with Crippen LogP contribution in [0.1, 0.15) is 122 Å². The third kappa shape index (κ3) is 12.3. The van der Waals surface area contributed by atoms with Gasteiger partial charge in [-0.3, -0.25) is 9.05 Å². The van der Waals surface area contributed by atoms with Crippen LogP contribution < -0.4 is 11.5 Å². The molecule has 0 bridgehead atoms. The Balaban J connectivity index is 1.27. The molecule has 1 unspecified atom stereocenters. The molecule has 0 aliphatic carbocycles. The lowest BCUT2D eigenvalue weighted by atomic mass is 9.96. The molecule has 0 aromatic carbocycles. The smallest absolute Gasteiger partial charge is 0.389 e. The van der Waals surface area contributed by atoms with E-state index in [9.17, 15) is 19.7 Å². The summed E-state index contributed by atoms with van der Waals surface area (Å²) in [5.41, 5.74) is 10.7. The first-order valence-electron chi connectivity index (χ1n) is 17.2. The minimum atomic E-state index is -4.46. The predicted octanol–water partition coefficient (Wildman–Crippen LogP) is 5.68. The Labute approximate surface area is 284 Å². The lowest BCUT2D eigenvalue weighted by Gasteiger charge is -2.27. The zero-order chi connectivity index (χ0) is 34.3. The van der Waals surface area contributed by atoms with Crippen LogP contribution in [0.5, 0.6) is 0 Å². The molecule has 2 aromatic rings. The van der Waals surface area contributed by atoms with Crippen molar-refractivity contribution in [1.29, 1.82) is 0 Å². The molecule has 0 spiro atoms. The number of thiocarbonyl (C=S) groups is 1. The number of anilines is 1. The average Bonchev–Trinajstić information content (AvgIpc) is 3.52. The van der Waals surface area contributed by atoms with Gasteiger partial charge in [0.25, 0.3) is 0 Å². The number of ether oxygens (including phenoxy) is 2. The number of unbranched alkanes of at least 4 members (excludes halogenated alkanes) is 13. The van der Waals surface area contributed by atoms with Gasteiger partial charge in [0.2, 0.25) is 0 Å². The van der Waals surface area contributed by atoms with Gasteiger partial charge in [0.15, 0.2) is 6.23 Å². The molecule has 1 saturated heterocycles. The van der Waals surface area contributed by atoms with E-state index in [2.05, 4.69) is 16.9 Å². The molecule has 3 rings (SSSR count). The molecule has 0 amide bonds. The summed E-state index contributed by atoms with van der Waals surface area (Å²) in [7, 11) is -4.46. The van der Waals surface area contributed by atoms with Crippen LogP contribution >= 0.6 is 20.0 Å². The Morgan fingerprint density at radius 2 is 1.55 bits per heavy atom. The fourth-order valence-corrected chi connectivity index (χ4v) is 6.82. The molecule has 1 aliphatic heterocycles. The topological polar surface area (TPSA) is 197 Å². The second kappa shape index (κ2) is 20.1. The molecule has 0 radical (unpaired) electrons. The average molecular weight is 702 g/mol. The summed E-state index contributed by atoms with van der Waals surface area (Å²) in [6.45, 7) is 4.12. The van der Waals surface area contributed by atoms with Gasteiger partial charge >= 0.3 is 7.82 Å². The Morgan fingerprint density at radius 3 is 2.15 bits per heavy atom. The van der Waals surface area contributed by atoms with Gasteiger partial charge in [0.05, 0.1) is 18.6 Å². The maximum Gasteiger partial charge on any atom is 0.472 e. The number of nitrogens with zero attached hydrogens (tertiary/aromatic N) is 3. The van der Waals surface area contributed by atoms with E-state index >= 15 is 0 Å². The highest BCUT2D eigenvalue weighted by molar-refractivity contribution is 7.80. The van der Waals surface area contributed by atoms with Crippen molar-refractivity contribution < 1.29 is 38.2 Å². The maximum atomic E-state index is 12.5. The number of phosphoric acid groups is 1. The van der Waals surface area contributed by atoms with Crippen molar-refractivity contribution in [2.45, 2.75) is 134 Å². The third-order valence-electron chi connectivity index (χ3n) is 8.64. The first kappa shape index (κ1) is 39.7. The van der Waals surface area contributed by atoms with Crippen molar-refractivity contribution in [1.82, 2.24) is 14.5 Å². The molecular formula is C32H56N5O8PS. The molecule has 15 heteroatoms. The third-order valence-corrected chi connectivity index (χ3v) is 9.85. The summed E-state index contributed by atoms with van der Waals surface area (Å²) in [5, 5.41) is 22.4. The van der Waals surface area contributed by atoms with Gasteiger partial charge in [-0.2, -0.15) is 0 Å². The molecule has 5 atom stereocenters. The molecule has 7 N–H and O–H groups in total. The van der Waals surface area contributed by atoms with Gasteiger partial charge in [-0.1, -0.05) is 103 Å². The molecule has 0 saturated carbocycles. The van der Waals surface area contributed by atoms with Gasteiger partial charge in [-0.15, -0.1) is 0 Å². The van der Waals surface area contributed by atoms with Crippen molar-refractivity contribution >= 4 is 41.9 Å². The molecule has 47 heavy (non-hydrogen) atoms. The zero-order valence-corrected chi connectivity index (χ0v) is 29.8. The summed E-state index contributed by atoms with van der Waals surface area (Å²) in [6, 6.07) is 0. The van der Waals surface area contributed by atoms with E-state index in [1.54, 1.807) is 0 Å². The van der Waals surface area contributed by atoms with Gasteiger partial charge in [0.1, 0.15) is 40.6 Å². The number of hydrogen-bond donors (Lipinski definition) is 5. The van der Waals surface area contributed by atoms with Gasteiger partial charge < -0.3 is 40.6 Å². The second-order valence-corrected chi connectivity index (χ2v) is 14.5. The summed E-state index contributed by atoms with van der Waals surface area (Å²) in [5.74, 6) is 0.133. The monoisotopic (exact) mass is 701 g/mol. The number of aliphatic hydroxyl groups is 2. The van der Waals surface area contributed by atoms with Gasteiger partial charge in [0, 0.05) is 25.0 Å². The van der Waals surface area contributed by atoms with E-state index in [0.717, 1.165) is 12.8 Å². The predicted molar refractivity (Wildman–Crippen MR) is 186 cm³/mol. The van der Waals surface area contributed by atoms with Crippen LogP contribution in [0.25, 0.3) is 11.0 Å². The number of nitrogens with two attached hydrogens (primary N) is 2. The highest BCUT2D eigenvalue weighted by atomic mass is 32.1. The van der Waals surface area contributed by atoms with Crippen LogP contribution in [0.4, 0.5) is 5.82 Å². The molecule has 2 aromatic heterocycles. The minimum Gasteiger partial charge on any atom is -0.389 e.